The van der Waals surface area contributed by atoms with Crippen molar-refractivity contribution in [2.45, 2.75) is 30.1 Å². The smallest absolute Gasteiger partial charge is 0.231 e. The van der Waals surface area contributed by atoms with Gasteiger partial charge in [-0.25, -0.2) is 17.9 Å². The van der Waals surface area contributed by atoms with Gasteiger partial charge >= 0.3 is 0 Å². The quantitative estimate of drug-likeness (QED) is 0.415. The Labute approximate surface area is 210 Å². The van der Waals surface area contributed by atoms with Crippen LogP contribution in [0, 0.1) is 0 Å². The van der Waals surface area contributed by atoms with Gasteiger partial charge < -0.3 is 5.73 Å². The van der Waals surface area contributed by atoms with Crippen LogP contribution in [0.5, 0.6) is 0 Å². The lowest BCUT2D eigenvalue weighted by Gasteiger charge is -2.31. The Balaban J connectivity index is 1.34. The molecule has 9 heteroatoms. The lowest BCUT2D eigenvalue weighted by Crippen LogP contribution is -2.39. The molecule has 0 bridgehead atoms. The zero-order valence-electron chi connectivity index (χ0n) is 20.2. The highest BCUT2D eigenvalue weighted by molar-refractivity contribution is 7.90. The maximum Gasteiger partial charge on any atom is 0.231 e. The van der Waals surface area contributed by atoms with E-state index in [1.165, 1.54) is 11.8 Å². The van der Waals surface area contributed by atoms with Crippen molar-refractivity contribution < 1.29 is 13.2 Å². The zero-order chi connectivity index (χ0) is 25.3. The molecule has 0 aliphatic carbocycles. The molecular weight excluding hydrogens is 474 g/mol. The fourth-order valence-electron chi connectivity index (χ4n) is 4.92. The van der Waals surface area contributed by atoms with E-state index in [9.17, 15) is 13.2 Å². The number of benzene rings is 2. The van der Waals surface area contributed by atoms with Gasteiger partial charge in [-0.3, -0.25) is 9.69 Å². The number of nitrogens with two attached hydrogens (primary N) is 1. The summed E-state index contributed by atoms with van der Waals surface area (Å²) in [5.41, 5.74) is 10.3. The Morgan fingerprint density at radius 3 is 2.50 bits per heavy atom. The molecule has 1 aliphatic rings. The molecule has 0 radical (unpaired) electrons. The second-order valence-corrected chi connectivity index (χ2v) is 11.5. The van der Waals surface area contributed by atoms with Crippen molar-refractivity contribution >= 4 is 21.4 Å². The summed E-state index contributed by atoms with van der Waals surface area (Å²) < 4.78 is 25.4. The molecule has 1 saturated heterocycles. The van der Waals surface area contributed by atoms with Gasteiger partial charge in [-0.15, -0.1) is 0 Å². The number of hydrogen-bond donors (Lipinski definition) is 1. The first-order valence-electron chi connectivity index (χ1n) is 12.0. The number of piperidine rings is 1. The van der Waals surface area contributed by atoms with Gasteiger partial charge in [0.2, 0.25) is 5.91 Å². The van der Waals surface area contributed by atoms with Crippen LogP contribution in [0.2, 0.25) is 0 Å². The van der Waals surface area contributed by atoms with E-state index in [4.69, 9.17) is 10.7 Å². The van der Waals surface area contributed by atoms with Crippen molar-refractivity contribution in [3.63, 3.8) is 0 Å². The lowest BCUT2D eigenvalue weighted by molar-refractivity contribution is -0.119. The third-order valence-corrected chi connectivity index (χ3v) is 7.88. The summed E-state index contributed by atoms with van der Waals surface area (Å²) in [4.78, 5) is 18.4. The van der Waals surface area contributed by atoms with Crippen LogP contribution in [-0.4, -0.2) is 59.7 Å². The van der Waals surface area contributed by atoms with E-state index in [-0.39, 0.29) is 5.91 Å². The van der Waals surface area contributed by atoms with Gasteiger partial charge in [-0.1, -0.05) is 36.4 Å². The van der Waals surface area contributed by atoms with Crippen molar-refractivity contribution in [3.05, 3.63) is 83.8 Å². The second-order valence-electron chi connectivity index (χ2n) is 9.45. The highest BCUT2D eigenvalue weighted by Crippen LogP contribution is 2.29. The Bertz CT molecular complexity index is 1500. The van der Waals surface area contributed by atoms with Crippen LogP contribution in [-0.2, 0) is 21.1 Å². The van der Waals surface area contributed by atoms with E-state index < -0.39 is 9.84 Å². The Morgan fingerprint density at radius 1 is 1.06 bits per heavy atom. The van der Waals surface area contributed by atoms with Gasteiger partial charge in [0, 0.05) is 24.4 Å². The van der Waals surface area contributed by atoms with Crippen LogP contribution in [0.3, 0.4) is 0 Å². The van der Waals surface area contributed by atoms with Gasteiger partial charge in [-0.05, 0) is 72.8 Å². The minimum Gasteiger partial charge on any atom is -0.369 e. The SMILES string of the molecule is CS(=O)(=O)c1ccc(-c2cccn3nc(Cc4cccc(C5CCN(CC(N)=O)CC5)c4)nc23)cc1. The normalized spacial score (nSPS) is 15.4. The van der Waals surface area contributed by atoms with Gasteiger partial charge in [0.05, 0.1) is 11.4 Å². The van der Waals surface area contributed by atoms with E-state index in [0.29, 0.717) is 23.8 Å². The fraction of sp³-hybridized carbons (Fsp3) is 0.296. The molecule has 0 saturated carbocycles. The third kappa shape index (κ3) is 5.32. The van der Waals surface area contributed by atoms with E-state index in [2.05, 4.69) is 34.3 Å². The first-order valence-corrected chi connectivity index (χ1v) is 13.9. The molecule has 1 amide bonds. The highest BCUT2D eigenvalue weighted by Gasteiger charge is 2.22. The summed E-state index contributed by atoms with van der Waals surface area (Å²) in [5, 5.41) is 4.69. The summed E-state index contributed by atoms with van der Waals surface area (Å²) in [5.74, 6) is 0.915. The molecule has 1 fully saturated rings. The Hall–Kier alpha value is -3.56. The predicted molar refractivity (Wildman–Crippen MR) is 138 cm³/mol. The third-order valence-electron chi connectivity index (χ3n) is 6.75. The van der Waals surface area contributed by atoms with E-state index >= 15 is 0 Å². The number of likely N-dealkylation sites (tertiary alicyclic amines) is 1. The summed E-state index contributed by atoms with van der Waals surface area (Å²) in [6.07, 6.45) is 5.70. The summed E-state index contributed by atoms with van der Waals surface area (Å²) >= 11 is 0. The van der Waals surface area contributed by atoms with Crippen molar-refractivity contribution in [1.29, 1.82) is 0 Å². The van der Waals surface area contributed by atoms with E-state index in [1.54, 1.807) is 28.8 Å². The number of primary amides is 1. The average molecular weight is 504 g/mol. The fourth-order valence-corrected chi connectivity index (χ4v) is 5.55. The number of rotatable bonds is 7. The van der Waals surface area contributed by atoms with Gasteiger partial charge in [0.15, 0.2) is 21.3 Å². The Kier molecular flexibility index (Phi) is 6.59. The number of aromatic nitrogens is 3. The standard InChI is InChI=1S/C27H29N5O3S/c1-36(34,35)23-9-7-21(8-10-23)24-6-3-13-32-27(24)29-26(30-32)17-19-4-2-5-22(16-19)20-11-14-31(15-12-20)18-25(28)33/h2-10,13,16,20H,11-12,14-15,17-18H2,1H3,(H2,28,33). The van der Waals surface area contributed by atoms with Gasteiger partial charge in [0.25, 0.3) is 0 Å². The molecular formula is C27H29N5O3S. The number of nitrogens with zero attached hydrogens (tertiary/aromatic N) is 4. The van der Waals surface area contributed by atoms with Crippen molar-refractivity contribution in [3.8, 4) is 11.1 Å². The molecule has 0 atom stereocenters. The van der Waals surface area contributed by atoms with Crippen LogP contribution in [0.4, 0.5) is 0 Å². The molecule has 186 valence electrons. The number of carbonyl (C=O) groups is 1. The molecule has 36 heavy (non-hydrogen) atoms. The number of carbonyl (C=O) groups excluding carboxylic acids is 1. The van der Waals surface area contributed by atoms with Gasteiger partial charge in [-0.2, -0.15) is 5.10 Å². The molecule has 0 unspecified atom stereocenters. The maximum atomic E-state index is 11.8. The molecule has 3 heterocycles. The molecule has 4 aromatic rings. The van der Waals surface area contributed by atoms with Crippen LogP contribution >= 0.6 is 0 Å². The second kappa shape index (κ2) is 9.83. The van der Waals surface area contributed by atoms with Crippen molar-refractivity contribution in [2.75, 3.05) is 25.9 Å². The van der Waals surface area contributed by atoms with Gasteiger partial charge in [0.1, 0.15) is 0 Å². The molecule has 1 aliphatic heterocycles. The van der Waals surface area contributed by atoms with Crippen molar-refractivity contribution in [1.82, 2.24) is 19.5 Å². The number of pyridine rings is 1. The zero-order valence-corrected chi connectivity index (χ0v) is 21.0. The van der Waals surface area contributed by atoms with Crippen LogP contribution in [0.1, 0.15) is 35.7 Å². The maximum absolute atomic E-state index is 11.8. The Morgan fingerprint density at radius 2 is 1.81 bits per heavy atom. The van der Waals surface area contributed by atoms with Crippen LogP contribution in [0.15, 0.2) is 71.8 Å². The minimum atomic E-state index is -3.25. The number of hydrogen-bond acceptors (Lipinski definition) is 6. The molecule has 0 spiro atoms. The van der Waals surface area contributed by atoms with E-state index in [1.807, 2.05) is 18.3 Å². The summed E-state index contributed by atoms with van der Waals surface area (Å²) in [6.45, 7) is 2.08. The number of amides is 1. The lowest BCUT2D eigenvalue weighted by atomic mass is 9.88. The number of sulfone groups is 1. The summed E-state index contributed by atoms with van der Waals surface area (Å²) in [7, 11) is -3.25. The van der Waals surface area contributed by atoms with E-state index in [0.717, 1.165) is 54.1 Å². The largest absolute Gasteiger partial charge is 0.369 e. The molecule has 2 aromatic carbocycles. The molecule has 2 N–H and O–H groups in total. The van der Waals surface area contributed by atoms with Crippen molar-refractivity contribution in [2.24, 2.45) is 5.73 Å². The average Bonchev–Trinajstić information content (AvgIpc) is 3.26. The van der Waals surface area contributed by atoms with Crippen LogP contribution < -0.4 is 5.73 Å². The molecule has 8 nitrogen and oxygen atoms in total. The summed E-state index contributed by atoms with van der Waals surface area (Å²) in [6, 6.07) is 19.3. The molecule has 5 rings (SSSR count). The first kappa shape index (κ1) is 24.1. The topological polar surface area (TPSA) is 111 Å². The first-order chi connectivity index (χ1) is 17.3. The highest BCUT2D eigenvalue weighted by atomic mass is 32.2. The number of fused-ring (bicyclic) bond motifs is 1. The van der Waals surface area contributed by atoms with Crippen LogP contribution in [0.25, 0.3) is 16.8 Å². The monoisotopic (exact) mass is 503 g/mol. The minimum absolute atomic E-state index is 0.274. The predicted octanol–water partition coefficient (Wildman–Crippen LogP) is 3.06. The molecule has 2 aromatic heterocycles.